The minimum absolute atomic E-state index is 0.419. The highest BCUT2D eigenvalue weighted by atomic mass is 16.5. The van der Waals surface area contributed by atoms with Crippen LogP contribution < -0.4 is 5.73 Å². The molecule has 1 aromatic heterocycles. The van der Waals surface area contributed by atoms with E-state index in [-0.39, 0.29) is 0 Å². The Morgan fingerprint density at radius 1 is 1.40 bits per heavy atom. The lowest BCUT2D eigenvalue weighted by Crippen LogP contribution is -2.39. The van der Waals surface area contributed by atoms with E-state index in [1.54, 1.807) is 0 Å². The molecule has 0 radical (unpaired) electrons. The Balaban J connectivity index is 1.83. The van der Waals surface area contributed by atoms with Crippen molar-refractivity contribution in [3.63, 3.8) is 0 Å². The Hall–Kier alpha value is -0.940. The highest BCUT2D eigenvalue weighted by Gasteiger charge is 2.28. The molecule has 1 heterocycles. The van der Waals surface area contributed by atoms with Gasteiger partial charge in [0.2, 0.25) is 5.89 Å². The Kier molecular flexibility index (Phi) is 5.54. The molecule has 0 aliphatic heterocycles. The van der Waals surface area contributed by atoms with Gasteiger partial charge < -0.3 is 15.0 Å². The predicted molar refractivity (Wildman–Crippen MR) is 77.2 cm³/mol. The monoisotopic (exact) mass is 281 g/mol. The van der Waals surface area contributed by atoms with Crippen LogP contribution in [0.1, 0.15) is 64.1 Å². The van der Waals surface area contributed by atoms with Crippen molar-refractivity contribution in [2.24, 2.45) is 11.7 Å². The van der Waals surface area contributed by atoms with Gasteiger partial charge in [-0.2, -0.15) is 4.98 Å². The molecule has 1 atom stereocenters. The highest BCUT2D eigenvalue weighted by molar-refractivity contribution is 5.02. The smallest absolute Gasteiger partial charge is 0.226 e. The normalized spacial score (nSPS) is 19.4. The summed E-state index contributed by atoms with van der Waals surface area (Å²) < 4.78 is 10.8. The van der Waals surface area contributed by atoms with Crippen LogP contribution in [0.25, 0.3) is 0 Å². The minimum atomic E-state index is -0.676. The van der Waals surface area contributed by atoms with Gasteiger partial charge in [-0.05, 0) is 25.7 Å². The maximum atomic E-state index is 6.20. The third-order valence-electron chi connectivity index (χ3n) is 3.97. The van der Waals surface area contributed by atoms with Gasteiger partial charge in [0.25, 0.3) is 0 Å². The van der Waals surface area contributed by atoms with Crippen LogP contribution in [0.15, 0.2) is 4.52 Å². The van der Waals surface area contributed by atoms with Gasteiger partial charge in [-0.25, -0.2) is 0 Å². The Labute approximate surface area is 121 Å². The fraction of sp³-hybridized carbons (Fsp3) is 0.867. The van der Waals surface area contributed by atoms with E-state index in [0.717, 1.165) is 25.2 Å². The van der Waals surface area contributed by atoms with Crippen molar-refractivity contribution in [1.29, 1.82) is 0 Å². The van der Waals surface area contributed by atoms with Crippen LogP contribution in [0, 0.1) is 5.92 Å². The van der Waals surface area contributed by atoms with Gasteiger partial charge in [-0.1, -0.05) is 37.8 Å². The van der Waals surface area contributed by atoms with E-state index in [1.165, 1.54) is 25.7 Å². The molecule has 0 bridgehead atoms. The topological polar surface area (TPSA) is 74.2 Å². The summed E-state index contributed by atoms with van der Waals surface area (Å²) in [4.78, 5) is 4.44. The summed E-state index contributed by atoms with van der Waals surface area (Å²) in [5.41, 5.74) is 5.52. The zero-order valence-corrected chi connectivity index (χ0v) is 12.7. The summed E-state index contributed by atoms with van der Waals surface area (Å²) >= 11 is 0. The van der Waals surface area contributed by atoms with E-state index < -0.39 is 5.54 Å². The van der Waals surface area contributed by atoms with Gasteiger partial charge in [0.05, 0.1) is 6.61 Å². The summed E-state index contributed by atoms with van der Waals surface area (Å²) in [5.74, 6) is 2.09. The summed E-state index contributed by atoms with van der Waals surface area (Å²) in [5, 5.41) is 4.02. The fourth-order valence-electron chi connectivity index (χ4n) is 2.71. The molecule has 0 aromatic carbocycles. The highest BCUT2D eigenvalue weighted by Crippen LogP contribution is 2.28. The second kappa shape index (κ2) is 7.18. The van der Waals surface area contributed by atoms with Gasteiger partial charge in [-0.15, -0.1) is 0 Å². The average molecular weight is 281 g/mol. The van der Waals surface area contributed by atoms with E-state index in [4.69, 9.17) is 15.0 Å². The average Bonchev–Trinajstić information content (AvgIpc) is 3.08. The third-order valence-corrected chi connectivity index (χ3v) is 3.97. The molecule has 1 unspecified atom stereocenters. The van der Waals surface area contributed by atoms with Gasteiger partial charge in [0.15, 0.2) is 5.82 Å². The molecule has 1 aromatic rings. The van der Waals surface area contributed by atoms with Crippen LogP contribution in [0.5, 0.6) is 0 Å². The lowest BCUT2D eigenvalue weighted by atomic mass is 10.0. The number of nitrogens with two attached hydrogens (primary N) is 1. The number of hydrogen-bond acceptors (Lipinski definition) is 5. The molecule has 2 rings (SSSR count). The molecular formula is C15H27N3O2. The van der Waals surface area contributed by atoms with Crippen molar-refractivity contribution in [2.75, 3.05) is 13.2 Å². The molecule has 0 saturated heterocycles. The number of aromatic nitrogens is 2. The van der Waals surface area contributed by atoms with Crippen molar-refractivity contribution in [1.82, 2.24) is 10.1 Å². The zero-order chi connectivity index (χ0) is 14.4. The molecule has 0 amide bonds. The number of rotatable bonds is 8. The van der Waals surface area contributed by atoms with Crippen LogP contribution >= 0.6 is 0 Å². The summed E-state index contributed by atoms with van der Waals surface area (Å²) in [6, 6.07) is 0. The van der Waals surface area contributed by atoms with E-state index in [0.29, 0.717) is 24.9 Å². The Morgan fingerprint density at radius 3 is 2.85 bits per heavy atom. The van der Waals surface area contributed by atoms with Crippen molar-refractivity contribution < 1.29 is 9.26 Å². The molecule has 0 spiro atoms. The first-order chi connectivity index (χ1) is 9.62. The van der Waals surface area contributed by atoms with Crippen molar-refractivity contribution >= 4 is 0 Å². The molecule has 2 N–H and O–H groups in total. The van der Waals surface area contributed by atoms with E-state index >= 15 is 0 Å². The molecular weight excluding hydrogens is 254 g/mol. The molecule has 114 valence electrons. The molecule has 1 fully saturated rings. The van der Waals surface area contributed by atoms with Crippen molar-refractivity contribution in [3.8, 4) is 0 Å². The molecule has 5 nitrogen and oxygen atoms in total. The van der Waals surface area contributed by atoms with Gasteiger partial charge in [0, 0.05) is 13.0 Å². The van der Waals surface area contributed by atoms with Crippen molar-refractivity contribution in [3.05, 3.63) is 11.7 Å². The van der Waals surface area contributed by atoms with Gasteiger partial charge in [-0.3, -0.25) is 0 Å². The van der Waals surface area contributed by atoms with Gasteiger partial charge in [0.1, 0.15) is 5.54 Å². The third kappa shape index (κ3) is 4.28. The lowest BCUT2D eigenvalue weighted by molar-refractivity contribution is 0.0867. The lowest BCUT2D eigenvalue weighted by Gasteiger charge is -2.19. The maximum Gasteiger partial charge on any atom is 0.226 e. The Bertz CT molecular complexity index is 398. The number of aryl methyl sites for hydroxylation is 1. The SMILES string of the molecule is CCCOCC(C)(N)c1noc(CCC2CCCC2)n1. The summed E-state index contributed by atoms with van der Waals surface area (Å²) in [7, 11) is 0. The summed E-state index contributed by atoms with van der Waals surface area (Å²) in [6.45, 7) is 5.08. The van der Waals surface area contributed by atoms with Gasteiger partial charge >= 0.3 is 0 Å². The van der Waals surface area contributed by atoms with Crippen LogP contribution in [-0.2, 0) is 16.7 Å². The standard InChI is InChI=1S/C15H27N3O2/c1-3-10-19-11-15(2,16)14-17-13(20-18-14)9-8-12-6-4-5-7-12/h12H,3-11,16H2,1-2H3. The maximum absolute atomic E-state index is 6.20. The minimum Gasteiger partial charge on any atom is -0.379 e. The largest absolute Gasteiger partial charge is 0.379 e. The molecule has 5 heteroatoms. The number of ether oxygens (including phenoxy) is 1. The van der Waals surface area contributed by atoms with Crippen LogP contribution in [-0.4, -0.2) is 23.4 Å². The first-order valence-electron chi connectivity index (χ1n) is 7.81. The van der Waals surface area contributed by atoms with Crippen LogP contribution in [0.3, 0.4) is 0 Å². The van der Waals surface area contributed by atoms with Crippen LogP contribution in [0.2, 0.25) is 0 Å². The van der Waals surface area contributed by atoms with Crippen molar-refractivity contribution in [2.45, 2.75) is 64.3 Å². The van der Waals surface area contributed by atoms with E-state index in [2.05, 4.69) is 17.1 Å². The second-order valence-corrected chi connectivity index (χ2v) is 6.17. The first-order valence-corrected chi connectivity index (χ1v) is 7.81. The summed E-state index contributed by atoms with van der Waals surface area (Å²) in [6.07, 6.45) is 8.43. The van der Waals surface area contributed by atoms with E-state index in [9.17, 15) is 0 Å². The number of nitrogens with zero attached hydrogens (tertiary/aromatic N) is 2. The molecule has 1 saturated carbocycles. The predicted octanol–water partition coefficient (Wildman–Crippen LogP) is 2.79. The van der Waals surface area contributed by atoms with E-state index in [1.807, 2.05) is 6.92 Å². The molecule has 1 aliphatic rings. The number of hydrogen-bond donors (Lipinski definition) is 1. The molecule has 20 heavy (non-hydrogen) atoms. The molecule has 1 aliphatic carbocycles. The Morgan fingerprint density at radius 2 is 2.15 bits per heavy atom. The quantitative estimate of drug-likeness (QED) is 0.742. The first kappa shape index (κ1) is 15.4. The van der Waals surface area contributed by atoms with Crippen LogP contribution in [0.4, 0.5) is 0 Å². The second-order valence-electron chi connectivity index (χ2n) is 6.17. The zero-order valence-electron chi connectivity index (χ0n) is 12.7. The fourth-order valence-corrected chi connectivity index (χ4v) is 2.71.